The Labute approximate surface area is 211 Å². The normalized spacial score (nSPS) is 14.3. The molecule has 0 aliphatic carbocycles. The minimum atomic E-state index is -4.41. The molecule has 0 radical (unpaired) electrons. The molecule has 2 N–H and O–H groups in total. The number of halogens is 3. The molecule has 37 heavy (non-hydrogen) atoms. The van der Waals surface area contributed by atoms with E-state index in [0.717, 1.165) is 43.9 Å². The number of hydrogen-bond acceptors (Lipinski definition) is 5. The van der Waals surface area contributed by atoms with E-state index in [4.69, 9.17) is 9.84 Å². The number of alkyl halides is 3. The van der Waals surface area contributed by atoms with Gasteiger partial charge in [-0.25, -0.2) is 9.78 Å². The van der Waals surface area contributed by atoms with Crippen LogP contribution >= 0.6 is 0 Å². The van der Waals surface area contributed by atoms with Crippen molar-refractivity contribution in [3.8, 4) is 5.75 Å². The number of hydrogen-bond donors (Lipinski definition) is 2. The van der Waals surface area contributed by atoms with E-state index in [9.17, 15) is 22.8 Å². The van der Waals surface area contributed by atoms with Gasteiger partial charge in [0.25, 0.3) is 0 Å². The minimum Gasteiger partial charge on any atom is -0.493 e. The lowest BCUT2D eigenvalue weighted by molar-refractivity contribution is -0.137. The average molecular weight is 514 g/mol. The van der Waals surface area contributed by atoms with Crippen molar-refractivity contribution in [3.05, 3.63) is 83.6 Å². The van der Waals surface area contributed by atoms with Gasteiger partial charge in [-0.05, 0) is 66.8 Å². The molecule has 10 heteroatoms. The van der Waals surface area contributed by atoms with Gasteiger partial charge in [-0.2, -0.15) is 13.2 Å². The second-order valence-corrected chi connectivity index (χ2v) is 8.90. The summed E-state index contributed by atoms with van der Waals surface area (Å²) in [5.74, 6) is 0.336. The van der Waals surface area contributed by atoms with E-state index >= 15 is 0 Å². The molecule has 4 rings (SSSR count). The zero-order valence-corrected chi connectivity index (χ0v) is 19.9. The molecule has 0 bridgehead atoms. The number of ether oxygens (including phenoxy) is 1. The molecule has 1 amide bonds. The number of rotatable bonds is 8. The van der Waals surface area contributed by atoms with Crippen LogP contribution < -0.4 is 15.0 Å². The van der Waals surface area contributed by atoms with Gasteiger partial charge in [0.15, 0.2) is 0 Å². The van der Waals surface area contributed by atoms with Gasteiger partial charge in [0, 0.05) is 13.1 Å². The predicted octanol–water partition coefficient (Wildman–Crippen LogP) is 5.28. The van der Waals surface area contributed by atoms with Gasteiger partial charge in [-0.15, -0.1) is 0 Å². The summed E-state index contributed by atoms with van der Waals surface area (Å²) in [5.41, 5.74) is 0.431. The molecule has 1 saturated heterocycles. The van der Waals surface area contributed by atoms with Crippen LogP contribution in [0.15, 0.2) is 66.9 Å². The highest BCUT2D eigenvalue weighted by Gasteiger charge is 2.30. The Morgan fingerprint density at radius 2 is 1.78 bits per heavy atom. The third kappa shape index (κ3) is 7.22. The number of carboxylic acid groups (broad SMARTS) is 1. The molecule has 1 aliphatic rings. The molecule has 0 unspecified atom stereocenters. The molecule has 0 atom stereocenters. The highest BCUT2D eigenvalue weighted by molar-refractivity contribution is 5.92. The number of anilines is 2. The maximum atomic E-state index is 12.7. The summed E-state index contributed by atoms with van der Waals surface area (Å²) < 4.78 is 43.8. The average Bonchev–Trinajstić information content (AvgIpc) is 2.88. The maximum absolute atomic E-state index is 12.7. The third-order valence-corrected chi connectivity index (χ3v) is 6.18. The van der Waals surface area contributed by atoms with Crippen molar-refractivity contribution in [2.45, 2.75) is 25.4 Å². The smallest absolute Gasteiger partial charge is 0.416 e. The number of carbonyl (C=O) groups is 2. The molecule has 1 aromatic heterocycles. The monoisotopic (exact) mass is 513 g/mol. The summed E-state index contributed by atoms with van der Waals surface area (Å²) in [4.78, 5) is 30.0. The van der Waals surface area contributed by atoms with E-state index in [2.05, 4.69) is 15.2 Å². The molecule has 1 fully saturated rings. The highest BCUT2D eigenvalue weighted by atomic mass is 19.4. The highest BCUT2D eigenvalue weighted by Crippen LogP contribution is 2.29. The number of aromatic nitrogens is 1. The summed E-state index contributed by atoms with van der Waals surface area (Å²) in [5, 5.41) is 11.8. The van der Waals surface area contributed by atoms with Crippen LogP contribution in [0.3, 0.4) is 0 Å². The number of carboxylic acids is 1. The molecular weight excluding hydrogens is 487 g/mol. The summed E-state index contributed by atoms with van der Waals surface area (Å²) in [7, 11) is 0. The van der Waals surface area contributed by atoms with Crippen molar-refractivity contribution in [1.29, 1.82) is 0 Å². The first-order valence-electron chi connectivity index (χ1n) is 11.8. The van der Waals surface area contributed by atoms with Crippen molar-refractivity contribution in [2.24, 2.45) is 5.92 Å². The van der Waals surface area contributed by atoms with Gasteiger partial charge >= 0.3 is 12.1 Å². The Hall–Kier alpha value is -4.08. The number of amides is 1. The van der Waals surface area contributed by atoms with Crippen LogP contribution in [0, 0.1) is 5.92 Å². The molecule has 1 aliphatic heterocycles. The molecular formula is C27H26F3N3O4. The van der Waals surface area contributed by atoms with E-state index in [1.165, 1.54) is 24.3 Å². The van der Waals surface area contributed by atoms with Crippen LogP contribution in [-0.2, 0) is 17.4 Å². The fourth-order valence-corrected chi connectivity index (χ4v) is 4.11. The van der Waals surface area contributed by atoms with Gasteiger partial charge in [0.2, 0.25) is 5.91 Å². The fraction of sp³-hybridized carbons (Fsp3) is 0.296. The fourth-order valence-electron chi connectivity index (χ4n) is 4.11. The molecule has 0 spiro atoms. The number of carbonyl (C=O) groups excluding carboxylic acids is 1. The molecule has 2 aromatic carbocycles. The van der Waals surface area contributed by atoms with Crippen LogP contribution in [-0.4, -0.2) is 41.7 Å². The van der Waals surface area contributed by atoms with Crippen LogP contribution in [0.25, 0.3) is 0 Å². The van der Waals surface area contributed by atoms with Crippen LogP contribution in [0.5, 0.6) is 5.75 Å². The number of piperidine rings is 1. The van der Waals surface area contributed by atoms with Crippen molar-refractivity contribution >= 4 is 23.4 Å². The van der Waals surface area contributed by atoms with Gasteiger partial charge in [0.1, 0.15) is 11.6 Å². The number of aromatic carboxylic acids is 1. The van der Waals surface area contributed by atoms with Crippen LogP contribution in [0.4, 0.5) is 24.7 Å². The Morgan fingerprint density at radius 3 is 2.41 bits per heavy atom. The van der Waals surface area contributed by atoms with E-state index in [1.807, 2.05) is 6.07 Å². The summed E-state index contributed by atoms with van der Waals surface area (Å²) >= 11 is 0. The maximum Gasteiger partial charge on any atom is 0.416 e. The first kappa shape index (κ1) is 26.0. The molecule has 3 aromatic rings. The van der Waals surface area contributed by atoms with Crippen molar-refractivity contribution < 1.29 is 32.6 Å². The Kier molecular flexibility index (Phi) is 7.95. The van der Waals surface area contributed by atoms with Crippen LogP contribution in [0.1, 0.15) is 34.3 Å². The Morgan fingerprint density at radius 1 is 1.05 bits per heavy atom. The molecule has 194 valence electrons. The lowest BCUT2D eigenvalue weighted by atomic mass is 9.98. The standard InChI is InChI=1S/C27H26F3N3O4/c28-27(29,30)21-6-4-18(5-7-21)14-25(34)32-22-8-9-24(31-16-22)33-12-10-19(11-13-33)17-37-23-3-1-2-20(15-23)26(35)36/h1-9,15-16,19H,10-14,17H2,(H,32,34)(H,35,36). The number of nitrogens with zero attached hydrogens (tertiary/aromatic N) is 2. The number of pyridine rings is 1. The zero-order chi connectivity index (χ0) is 26.4. The molecule has 0 saturated carbocycles. The second kappa shape index (κ2) is 11.3. The number of benzene rings is 2. The van der Waals surface area contributed by atoms with Crippen molar-refractivity contribution in [3.63, 3.8) is 0 Å². The number of nitrogens with one attached hydrogen (secondary N) is 1. The van der Waals surface area contributed by atoms with Gasteiger partial charge in [-0.3, -0.25) is 4.79 Å². The van der Waals surface area contributed by atoms with E-state index in [0.29, 0.717) is 29.5 Å². The topological polar surface area (TPSA) is 91.8 Å². The van der Waals surface area contributed by atoms with Crippen LogP contribution in [0.2, 0.25) is 0 Å². The van der Waals surface area contributed by atoms with Gasteiger partial charge in [0.05, 0.1) is 36.0 Å². The first-order chi connectivity index (χ1) is 17.7. The molecule has 7 nitrogen and oxygen atoms in total. The first-order valence-corrected chi connectivity index (χ1v) is 11.8. The Bertz CT molecular complexity index is 1220. The Balaban J connectivity index is 1.22. The summed E-state index contributed by atoms with van der Waals surface area (Å²) in [6.45, 7) is 2.08. The summed E-state index contributed by atoms with van der Waals surface area (Å²) in [6, 6.07) is 14.5. The minimum absolute atomic E-state index is 0.0456. The van der Waals surface area contributed by atoms with E-state index in [1.54, 1.807) is 24.4 Å². The van der Waals surface area contributed by atoms with Gasteiger partial charge < -0.3 is 20.1 Å². The third-order valence-electron chi connectivity index (χ3n) is 6.18. The largest absolute Gasteiger partial charge is 0.493 e. The second-order valence-electron chi connectivity index (χ2n) is 8.90. The predicted molar refractivity (Wildman–Crippen MR) is 132 cm³/mol. The zero-order valence-electron chi connectivity index (χ0n) is 19.9. The quantitative estimate of drug-likeness (QED) is 0.426. The lowest BCUT2D eigenvalue weighted by Gasteiger charge is -2.32. The lowest BCUT2D eigenvalue weighted by Crippen LogP contribution is -2.36. The van der Waals surface area contributed by atoms with E-state index in [-0.39, 0.29) is 17.9 Å². The molecule has 2 heterocycles. The SMILES string of the molecule is O=C(Cc1ccc(C(F)(F)F)cc1)Nc1ccc(N2CCC(COc3cccc(C(=O)O)c3)CC2)nc1. The van der Waals surface area contributed by atoms with Gasteiger partial charge in [-0.1, -0.05) is 18.2 Å². The van der Waals surface area contributed by atoms with Crippen molar-refractivity contribution in [2.75, 3.05) is 29.9 Å². The van der Waals surface area contributed by atoms with E-state index < -0.39 is 17.7 Å². The van der Waals surface area contributed by atoms with Crippen molar-refractivity contribution in [1.82, 2.24) is 4.98 Å². The summed E-state index contributed by atoms with van der Waals surface area (Å²) in [6.07, 6.45) is -1.11.